The molecule has 25 heavy (non-hydrogen) atoms. The number of carbonyl (C=O) groups excluding carboxylic acids is 2. The second kappa shape index (κ2) is 7.92. The van der Waals surface area contributed by atoms with Gasteiger partial charge in [0, 0.05) is 24.4 Å². The molecule has 1 heterocycles. The lowest BCUT2D eigenvalue weighted by atomic mass is 9.86. The molecule has 5 nitrogen and oxygen atoms in total. The summed E-state index contributed by atoms with van der Waals surface area (Å²) in [5.41, 5.74) is 2.69. The molecule has 0 aliphatic heterocycles. The van der Waals surface area contributed by atoms with Crippen LogP contribution in [0.4, 0.5) is 0 Å². The van der Waals surface area contributed by atoms with Gasteiger partial charge in [-0.2, -0.15) is 0 Å². The van der Waals surface area contributed by atoms with Gasteiger partial charge in [0.2, 0.25) is 0 Å². The maximum Gasteiger partial charge on any atom is 0.328 e. The van der Waals surface area contributed by atoms with E-state index < -0.39 is 12.0 Å². The molecule has 0 fully saturated rings. The number of methoxy groups -OCH3 is 1. The molecule has 0 unspecified atom stereocenters. The van der Waals surface area contributed by atoms with Gasteiger partial charge in [-0.15, -0.1) is 0 Å². The molecule has 0 spiro atoms. The molecule has 0 bridgehead atoms. The Bertz CT molecular complexity index is 719. The standard InChI is InChI=1S/C20H24N2O3/c1-20(2,3)16-7-5-14(6-8-16)13-17(19(24)25-4)22-18(23)15-9-11-21-12-10-15/h5-12,17H,13H2,1-4H3,(H,22,23)/t17-/m1/s1. The average Bonchev–Trinajstić information content (AvgIpc) is 2.60. The molecule has 5 heteroatoms. The predicted molar refractivity (Wildman–Crippen MR) is 96.4 cm³/mol. The first-order chi connectivity index (χ1) is 11.8. The predicted octanol–water partition coefficient (Wildman–Crippen LogP) is 2.89. The Hall–Kier alpha value is -2.69. The van der Waals surface area contributed by atoms with Crippen molar-refractivity contribution in [2.45, 2.75) is 38.6 Å². The Labute approximate surface area is 148 Å². The minimum Gasteiger partial charge on any atom is -0.467 e. The smallest absolute Gasteiger partial charge is 0.328 e. The SMILES string of the molecule is COC(=O)[C@@H](Cc1ccc(C(C)(C)C)cc1)NC(=O)c1ccncc1. The van der Waals surface area contributed by atoms with Crippen LogP contribution < -0.4 is 5.32 Å². The first kappa shape index (κ1) is 18.6. The van der Waals surface area contributed by atoms with Crippen LogP contribution in [0.3, 0.4) is 0 Å². The number of pyridine rings is 1. The molecule has 0 radical (unpaired) electrons. The topological polar surface area (TPSA) is 68.3 Å². The van der Waals surface area contributed by atoms with E-state index in [4.69, 9.17) is 4.74 Å². The van der Waals surface area contributed by atoms with Crippen LogP contribution in [0.25, 0.3) is 0 Å². The molecule has 2 rings (SSSR count). The zero-order valence-corrected chi connectivity index (χ0v) is 15.1. The van der Waals surface area contributed by atoms with Crippen molar-refractivity contribution < 1.29 is 14.3 Å². The molecule has 0 saturated heterocycles. The molecule has 0 aliphatic carbocycles. The molecule has 132 valence electrons. The van der Waals surface area contributed by atoms with Gasteiger partial charge in [0.15, 0.2) is 0 Å². The summed E-state index contributed by atoms with van der Waals surface area (Å²) in [5.74, 6) is -0.800. The Kier molecular flexibility index (Phi) is 5.91. The van der Waals surface area contributed by atoms with Gasteiger partial charge >= 0.3 is 5.97 Å². The first-order valence-electron chi connectivity index (χ1n) is 8.19. The number of rotatable bonds is 5. The van der Waals surface area contributed by atoms with Crippen molar-refractivity contribution in [3.63, 3.8) is 0 Å². The monoisotopic (exact) mass is 340 g/mol. The summed E-state index contributed by atoms with van der Waals surface area (Å²) in [7, 11) is 1.32. The van der Waals surface area contributed by atoms with Crippen molar-refractivity contribution in [2.75, 3.05) is 7.11 Å². The molecular weight excluding hydrogens is 316 g/mol. The number of hydrogen-bond acceptors (Lipinski definition) is 4. The van der Waals surface area contributed by atoms with Gasteiger partial charge in [-0.05, 0) is 28.7 Å². The minimum absolute atomic E-state index is 0.0653. The van der Waals surface area contributed by atoms with Crippen LogP contribution in [0.2, 0.25) is 0 Å². The molecule has 0 saturated carbocycles. The largest absolute Gasteiger partial charge is 0.467 e. The molecule has 1 amide bonds. The van der Waals surface area contributed by atoms with Gasteiger partial charge < -0.3 is 10.1 Å². The summed E-state index contributed by atoms with van der Waals surface area (Å²) < 4.78 is 4.83. The van der Waals surface area contributed by atoms with Gasteiger partial charge in [-0.1, -0.05) is 45.0 Å². The van der Waals surface area contributed by atoms with Crippen molar-refractivity contribution >= 4 is 11.9 Å². The molecule has 1 atom stereocenters. The zero-order chi connectivity index (χ0) is 18.4. The fraction of sp³-hybridized carbons (Fsp3) is 0.350. The number of hydrogen-bond donors (Lipinski definition) is 1. The summed E-state index contributed by atoms with van der Waals surface area (Å²) >= 11 is 0. The first-order valence-corrected chi connectivity index (χ1v) is 8.19. The number of aromatic nitrogens is 1. The van der Waals surface area contributed by atoms with Gasteiger partial charge in [0.25, 0.3) is 5.91 Å². The van der Waals surface area contributed by atoms with E-state index in [0.29, 0.717) is 12.0 Å². The summed E-state index contributed by atoms with van der Waals surface area (Å²) in [6.45, 7) is 6.44. The molecule has 0 aliphatic rings. The van der Waals surface area contributed by atoms with Crippen molar-refractivity contribution in [3.05, 3.63) is 65.5 Å². The highest BCUT2D eigenvalue weighted by Gasteiger charge is 2.23. The second-order valence-electron chi connectivity index (χ2n) is 6.94. The van der Waals surface area contributed by atoms with Crippen molar-refractivity contribution in [1.82, 2.24) is 10.3 Å². The third-order valence-electron chi connectivity index (χ3n) is 3.99. The third-order valence-corrected chi connectivity index (χ3v) is 3.99. The van der Waals surface area contributed by atoms with Crippen LogP contribution in [0, 0.1) is 0 Å². The zero-order valence-electron chi connectivity index (χ0n) is 15.1. The molecule has 1 N–H and O–H groups in total. The van der Waals surface area contributed by atoms with Gasteiger partial charge in [-0.3, -0.25) is 9.78 Å². The minimum atomic E-state index is -0.744. The summed E-state index contributed by atoms with van der Waals surface area (Å²) in [6.07, 6.45) is 3.44. The number of benzene rings is 1. The van der Waals surface area contributed by atoms with Crippen LogP contribution in [-0.4, -0.2) is 30.0 Å². The lowest BCUT2D eigenvalue weighted by Gasteiger charge is -2.20. The van der Waals surface area contributed by atoms with E-state index in [1.807, 2.05) is 24.3 Å². The summed E-state index contributed by atoms with van der Waals surface area (Å²) in [6, 6.07) is 10.5. The quantitative estimate of drug-likeness (QED) is 0.850. The van der Waals surface area contributed by atoms with Crippen molar-refractivity contribution in [1.29, 1.82) is 0 Å². The number of ether oxygens (including phenoxy) is 1. The number of esters is 1. The molecule has 2 aromatic rings. The normalized spacial score (nSPS) is 12.3. The Morgan fingerprint density at radius 2 is 1.68 bits per heavy atom. The summed E-state index contributed by atoms with van der Waals surface area (Å²) in [4.78, 5) is 28.2. The lowest BCUT2D eigenvalue weighted by Crippen LogP contribution is -2.43. The van der Waals surface area contributed by atoms with Crippen molar-refractivity contribution in [3.8, 4) is 0 Å². The highest BCUT2D eigenvalue weighted by Crippen LogP contribution is 2.22. The van der Waals surface area contributed by atoms with Crippen LogP contribution >= 0.6 is 0 Å². The van der Waals surface area contributed by atoms with Gasteiger partial charge in [0.1, 0.15) is 6.04 Å². The third kappa shape index (κ3) is 5.14. The van der Waals surface area contributed by atoms with E-state index in [1.54, 1.807) is 12.1 Å². The van der Waals surface area contributed by atoms with Crippen LogP contribution in [0.15, 0.2) is 48.8 Å². The highest BCUT2D eigenvalue weighted by atomic mass is 16.5. The Balaban J connectivity index is 2.13. The second-order valence-corrected chi connectivity index (χ2v) is 6.94. The van der Waals surface area contributed by atoms with E-state index >= 15 is 0 Å². The van der Waals surface area contributed by atoms with Crippen molar-refractivity contribution in [2.24, 2.45) is 0 Å². The van der Waals surface area contributed by atoms with E-state index in [9.17, 15) is 9.59 Å². The molecule has 1 aromatic heterocycles. The van der Waals surface area contributed by atoms with E-state index in [1.165, 1.54) is 25.1 Å². The number of nitrogens with one attached hydrogen (secondary N) is 1. The Morgan fingerprint density at radius 3 is 2.20 bits per heavy atom. The van der Waals surface area contributed by atoms with Gasteiger partial charge in [-0.25, -0.2) is 4.79 Å². The number of carbonyl (C=O) groups is 2. The maximum atomic E-state index is 12.3. The van der Waals surface area contributed by atoms with Gasteiger partial charge in [0.05, 0.1) is 7.11 Å². The molecular formula is C20H24N2O3. The average molecular weight is 340 g/mol. The van der Waals surface area contributed by atoms with E-state index in [-0.39, 0.29) is 11.3 Å². The van der Waals surface area contributed by atoms with E-state index in [0.717, 1.165) is 5.56 Å². The van der Waals surface area contributed by atoms with Crippen LogP contribution in [-0.2, 0) is 21.4 Å². The Morgan fingerprint density at radius 1 is 1.08 bits per heavy atom. The fourth-order valence-electron chi connectivity index (χ4n) is 2.46. The lowest BCUT2D eigenvalue weighted by molar-refractivity contribution is -0.142. The summed E-state index contributed by atoms with van der Waals surface area (Å²) in [5, 5.41) is 2.74. The molecule has 1 aromatic carbocycles. The number of amides is 1. The van der Waals surface area contributed by atoms with E-state index in [2.05, 4.69) is 31.1 Å². The fourth-order valence-corrected chi connectivity index (χ4v) is 2.46. The maximum absolute atomic E-state index is 12.3. The highest BCUT2D eigenvalue weighted by molar-refractivity contribution is 5.96. The van der Waals surface area contributed by atoms with Crippen LogP contribution in [0.5, 0.6) is 0 Å². The van der Waals surface area contributed by atoms with Crippen LogP contribution in [0.1, 0.15) is 42.3 Å². The number of nitrogens with zero attached hydrogens (tertiary/aromatic N) is 1.